The van der Waals surface area contributed by atoms with Crippen LogP contribution in [-0.4, -0.2) is 52.1 Å². The van der Waals surface area contributed by atoms with Crippen molar-refractivity contribution in [2.45, 2.75) is 65.8 Å². The van der Waals surface area contributed by atoms with Crippen LogP contribution >= 0.6 is 24.0 Å². The number of rotatable bonds is 8. The van der Waals surface area contributed by atoms with Crippen LogP contribution in [0.15, 0.2) is 34.0 Å². The van der Waals surface area contributed by atoms with Crippen LogP contribution in [0.3, 0.4) is 0 Å². The van der Waals surface area contributed by atoms with E-state index < -0.39 is 0 Å². The predicted molar refractivity (Wildman–Crippen MR) is 159 cm³/mol. The van der Waals surface area contributed by atoms with Crippen LogP contribution in [0.25, 0.3) is 6.08 Å². The van der Waals surface area contributed by atoms with Crippen molar-refractivity contribution in [3.05, 3.63) is 61.8 Å². The van der Waals surface area contributed by atoms with Gasteiger partial charge < -0.3 is 14.4 Å². The van der Waals surface area contributed by atoms with Crippen molar-refractivity contribution in [1.29, 1.82) is 5.26 Å². The number of hydrogen-bond donors (Lipinski definition) is 0. The van der Waals surface area contributed by atoms with Crippen LogP contribution in [0, 0.1) is 18.3 Å². The molecule has 0 spiro atoms. The van der Waals surface area contributed by atoms with Crippen molar-refractivity contribution < 1.29 is 14.3 Å². The van der Waals surface area contributed by atoms with Crippen LogP contribution < -0.4 is 15.2 Å². The number of carbonyl (C=O) groups is 1. The maximum atomic E-state index is 13.6. The van der Waals surface area contributed by atoms with Crippen molar-refractivity contribution in [3.8, 4) is 11.8 Å². The molecule has 2 saturated heterocycles. The van der Waals surface area contributed by atoms with Crippen molar-refractivity contribution in [1.82, 2.24) is 9.47 Å². The van der Waals surface area contributed by atoms with E-state index in [-0.39, 0.29) is 29.2 Å². The molecule has 10 heteroatoms. The lowest BCUT2D eigenvalue weighted by atomic mass is 10.0. The fraction of sp³-hybridized carbons (Fsp3) is 0.448. The topological polar surface area (TPSA) is 87.8 Å². The monoisotopic (exact) mass is 566 g/mol. The summed E-state index contributed by atoms with van der Waals surface area (Å²) < 4.78 is 13.4. The van der Waals surface area contributed by atoms with Crippen LogP contribution in [0.1, 0.15) is 55.9 Å². The van der Waals surface area contributed by atoms with E-state index in [1.807, 2.05) is 44.2 Å². The average molecular weight is 567 g/mol. The highest BCUT2D eigenvalue weighted by Gasteiger charge is 2.34. The van der Waals surface area contributed by atoms with Gasteiger partial charge in [-0.25, -0.2) is 0 Å². The molecule has 0 radical (unpaired) electrons. The van der Waals surface area contributed by atoms with Crippen LogP contribution in [0.2, 0.25) is 0 Å². The van der Waals surface area contributed by atoms with E-state index in [4.69, 9.17) is 21.7 Å². The number of thiocarbonyl (C=S) groups is 1. The van der Waals surface area contributed by atoms with Gasteiger partial charge >= 0.3 is 0 Å². The Morgan fingerprint density at radius 1 is 1.21 bits per heavy atom. The van der Waals surface area contributed by atoms with E-state index in [1.165, 1.54) is 11.8 Å². The smallest absolute Gasteiger partial charge is 0.270 e. The van der Waals surface area contributed by atoms with Crippen molar-refractivity contribution in [3.63, 3.8) is 0 Å². The Morgan fingerprint density at radius 3 is 2.46 bits per heavy atom. The van der Waals surface area contributed by atoms with Crippen molar-refractivity contribution in [2.24, 2.45) is 0 Å². The number of ether oxygens (including phenoxy) is 2. The molecule has 4 rings (SSSR count). The lowest BCUT2D eigenvalue weighted by Crippen LogP contribution is -2.48. The van der Waals surface area contributed by atoms with Crippen molar-refractivity contribution in [2.75, 3.05) is 25.1 Å². The first-order chi connectivity index (χ1) is 18.7. The molecule has 2 unspecified atom stereocenters. The highest BCUT2D eigenvalue weighted by molar-refractivity contribution is 8.26. The number of nitriles is 1. The number of unbranched alkanes of at least 4 members (excludes halogenated alkanes) is 1. The maximum Gasteiger partial charge on any atom is 0.270 e. The first kappa shape index (κ1) is 28.9. The number of nitrogens with zero attached hydrogens (tertiary/aromatic N) is 4. The van der Waals surface area contributed by atoms with E-state index >= 15 is 0 Å². The third-order valence-electron chi connectivity index (χ3n) is 6.95. The molecule has 0 bridgehead atoms. The van der Waals surface area contributed by atoms with Gasteiger partial charge in [0.1, 0.15) is 27.5 Å². The molecule has 0 aliphatic carbocycles. The lowest BCUT2D eigenvalue weighted by Gasteiger charge is -2.39. The van der Waals surface area contributed by atoms with Gasteiger partial charge in [-0.15, -0.1) is 0 Å². The second-order valence-corrected chi connectivity index (χ2v) is 11.6. The van der Waals surface area contributed by atoms with E-state index in [9.17, 15) is 14.9 Å². The normalized spacial score (nSPS) is 20.6. The Kier molecular flexibility index (Phi) is 9.15. The molecule has 1 aromatic carbocycles. The number of morpholine rings is 1. The average Bonchev–Trinajstić information content (AvgIpc) is 3.16. The molecular weight excluding hydrogens is 532 g/mol. The summed E-state index contributed by atoms with van der Waals surface area (Å²) in [4.78, 5) is 31.3. The largest absolute Gasteiger partial charge is 0.497 e. The third kappa shape index (κ3) is 6.06. The van der Waals surface area contributed by atoms with Crippen molar-refractivity contribution >= 4 is 46.1 Å². The molecular formula is C29H34N4O4S2. The molecule has 39 heavy (non-hydrogen) atoms. The zero-order valence-electron chi connectivity index (χ0n) is 23.0. The van der Waals surface area contributed by atoms with Crippen LogP contribution in [0.4, 0.5) is 5.82 Å². The standard InChI is InChI=1S/C29H34N4O4S2/c1-6-7-12-32-26(31-15-18(2)37-19(3)16-31)23(20(4)24(14-30)27(32)34)13-25-28(35)33(29(38)39-25)17-21-8-10-22(36-5)11-9-21/h8-11,13,18-19H,6-7,12,15-17H2,1-5H3/b25-13+. The number of aromatic nitrogens is 1. The second-order valence-electron chi connectivity index (χ2n) is 9.94. The number of carbonyl (C=O) groups excluding carboxylic acids is 1. The highest BCUT2D eigenvalue weighted by Crippen LogP contribution is 2.37. The molecule has 0 saturated carbocycles. The molecule has 8 nitrogen and oxygen atoms in total. The minimum Gasteiger partial charge on any atom is -0.497 e. The van der Waals surface area contributed by atoms with Gasteiger partial charge in [0.05, 0.1) is 30.8 Å². The number of benzene rings is 1. The Bertz CT molecular complexity index is 1380. The predicted octanol–water partition coefficient (Wildman–Crippen LogP) is 4.85. The Balaban J connectivity index is 1.81. The van der Waals surface area contributed by atoms with Gasteiger partial charge in [0, 0.05) is 25.2 Å². The summed E-state index contributed by atoms with van der Waals surface area (Å²) >= 11 is 6.84. The summed E-state index contributed by atoms with van der Waals surface area (Å²) in [7, 11) is 1.61. The molecule has 2 aliphatic heterocycles. The molecule has 2 atom stereocenters. The van der Waals surface area contributed by atoms with E-state index in [2.05, 4.69) is 17.9 Å². The summed E-state index contributed by atoms with van der Waals surface area (Å²) in [5.41, 5.74) is 2.01. The van der Waals surface area contributed by atoms with Gasteiger partial charge in [-0.05, 0) is 56.5 Å². The maximum absolute atomic E-state index is 13.6. The minimum absolute atomic E-state index is 0.0324. The van der Waals surface area contributed by atoms with E-state index in [0.29, 0.717) is 46.5 Å². The summed E-state index contributed by atoms with van der Waals surface area (Å²) in [6.45, 7) is 9.90. The molecule has 3 heterocycles. The molecule has 1 amide bonds. The quantitative estimate of drug-likeness (QED) is 0.331. The number of pyridine rings is 1. The zero-order chi connectivity index (χ0) is 28.3. The Hall–Kier alpha value is -3.13. The van der Waals surface area contributed by atoms with Crippen LogP contribution in [-0.2, 0) is 22.6 Å². The minimum atomic E-state index is -0.297. The van der Waals surface area contributed by atoms with E-state index in [0.717, 1.165) is 30.0 Å². The molecule has 206 valence electrons. The second kappa shape index (κ2) is 12.4. The number of amides is 1. The summed E-state index contributed by atoms with van der Waals surface area (Å²) in [5.74, 6) is 1.28. The van der Waals surface area contributed by atoms with Gasteiger partial charge in [-0.2, -0.15) is 5.26 Å². The highest BCUT2D eigenvalue weighted by atomic mass is 32.2. The first-order valence-corrected chi connectivity index (χ1v) is 14.4. The lowest BCUT2D eigenvalue weighted by molar-refractivity contribution is -0.122. The third-order valence-corrected chi connectivity index (χ3v) is 8.33. The van der Waals surface area contributed by atoms with Gasteiger partial charge in [0.15, 0.2) is 0 Å². The van der Waals surface area contributed by atoms with Crippen LogP contribution in [0.5, 0.6) is 5.75 Å². The SMILES string of the molecule is CCCCn1c(N2CC(C)OC(C)C2)c(/C=C2/SC(=S)N(Cc3ccc(OC)cc3)C2=O)c(C)c(C#N)c1=O. The summed E-state index contributed by atoms with van der Waals surface area (Å²) in [6, 6.07) is 9.65. The molecule has 1 aromatic heterocycles. The van der Waals surface area contributed by atoms with Gasteiger partial charge in [0.2, 0.25) is 0 Å². The first-order valence-electron chi connectivity index (χ1n) is 13.1. The number of methoxy groups -OCH3 is 1. The molecule has 0 N–H and O–H groups in total. The fourth-order valence-electron chi connectivity index (χ4n) is 5.04. The Labute approximate surface area is 239 Å². The fourth-order valence-corrected chi connectivity index (χ4v) is 6.28. The number of thioether (sulfide) groups is 1. The molecule has 2 aromatic rings. The zero-order valence-corrected chi connectivity index (χ0v) is 24.7. The summed E-state index contributed by atoms with van der Waals surface area (Å²) in [5, 5.41) is 9.93. The van der Waals surface area contributed by atoms with Gasteiger partial charge in [-0.3, -0.25) is 19.1 Å². The van der Waals surface area contributed by atoms with Gasteiger partial charge in [0.25, 0.3) is 11.5 Å². The number of anilines is 1. The molecule has 2 aliphatic rings. The molecule has 2 fully saturated rings. The van der Waals surface area contributed by atoms with Gasteiger partial charge in [-0.1, -0.05) is 49.5 Å². The van der Waals surface area contributed by atoms with E-state index in [1.54, 1.807) is 23.5 Å². The Morgan fingerprint density at radius 2 is 1.87 bits per heavy atom. The summed E-state index contributed by atoms with van der Waals surface area (Å²) in [6.07, 6.45) is 3.44. The number of hydrogen-bond acceptors (Lipinski definition) is 8.